The molecule has 34 heavy (non-hydrogen) atoms. The predicted molar refractivity (Wildman–Crippen MR) is 128 cm³/mol. The zero-order chi connectivity index (χ0) is 23.7. The molecule has 6 bridgehead atoms. The molecule has 0 saturated heterocycles. The second-order valence-corrected chi connectivity index (χ2v) is 8.01. The zero-order valence-corrected chi connectivity index (χ0v) is 19.1. The van der Waals surface area contributed by atoms with E-state index in [-0.39, 0.29) is 5.91 Å². The van der Waals surface area contributed by atoms with Crippen molar-refractivity contribution in [3.05, 3.63) is 71.3 Å². The number of benzene rings is 1. The second kappa shape index (κ2) is 8.91. The van der Waals surface area contributed by atoms with Crippen LogP contribution in [0.3, 0.4) is 0 Å². The Labute approximate surface area is 196 Å². The van der Waals surface area contributed by atoms with Crippen molar-refractivity contribution < 1.29 is 9.53 Å². The average Bonchev–Trinajstić information content (AvgIpc) is 3.26. The normalized spacial score (nSPS) is 12.8. The van der Waals surface area contributed by atoms with Gasteiger partial charge in [-0.05, 0) is 42.3 Å². The van der Waals surface area contributed by atoms with E-state index >= 15 is 0 Å². The Morgan fingerprint density at radius 3 is 2.76 bits per heavy atom. The molecule has 0 aliphatic carbocycles. The van der Waals surface area contributed by atoms with Gasteiger partial charge in [0.1, 0.15) is 18.0 Å². The lowest BCUT2D eigenvalue weighted by Crippen LogP contribution is -2.20. The molecule has 0 atom stereocenters. The molecule has 0 unspecified atom stereocenters. The minimum absolute atomic E-state index is 0.244. The van der Waals surface area contributed by atoms with Crippen molar-refractivity contribution in [1.82, 2.24) is 30.0 Å². The van der Waals surface area contributed by atoms with Gasteiger partial charge in [-0.25, -0.2) is 15.0 Å². The average molecular weight is 457 g/mol. The summed E-state index contributed by atoms with van der Waals surface area (Å²) in [5.74, 6) is 1.57. The van der Waals surface area contributed by atoms with E-state index in [0.717, 1.165) is 28.1 Å². The number of amides is 1. The quantitative estimate of drug-likeness (QED) is 0.420. The summed E-state index contributed by atoms with van der Waals surface area (Å²) in [4.78, 5) is 26.0. The van der Waals surface area contributed by atoms with Crippen LogP contribution in [-0.4, -0.2) is 37.7 Å². The van der Waals surface area contributed by atoms with Gasteiger partial charge in [0.15, 0.2) is 5.82 Å². The Morgan fingerprint density at radius 2 is 1.97 bits per heavy atom. The maximum atomic E-state index is 12.6. The number of aryl methyl sites for hydroxylation is 1. The third kappa shape index (κ3) is 4.30. The lowest BCUT2D eigenvalue weighted by Gasteiger charge is -2.18. The molecule has 3 aromatic heterocycles. The first-order valence-electron chi connectivity index (χ1n) is 10.8. The third-order valence-corrected chi connectivity index (χ3v) is 5.53. The highest BCUT2D eigenvalue weighted by Gasteiger charge is 2.17. The first kappa shape index (κ1) is 21.5. The summed E-state index contributed by atoms with van der Waals surface area (Å²) in [7, 11) is 3.42. The van der Waals surface area contributed by atoms with Gasteiger partial charge in [0.25, 0.3) is 5.91 Å². The molecule has 1 amide bonds. The highest BCUT2D eigenvalue weighted by atomic mass is 16.5. The van der Waals surface area contributed by atoms with Crippen LogP contribution in [0.15, 0.2) is 48.9 Å². The van der Waals surface area contributed by atoms with E-state index in [1.54, 1.807) is 30.3 Å². The van der Waals surface area contributed by atoms with E-state index in [0.29, 0.717) is 41.9 Å². The Balaban J connectivity index is 1.67. The summed E-state index contributed by atoms with van der Waals surface area (Å²) in [5.41, 5.74) is 5.40. The van der Waals surface area contributed by atoms with Crippen molar-refractivity contribution in [2.45, 2.75) is 20.1 Å². The minimum atomic E-state index is -0.244. The maximum absolute atomic E-state index is 12.6. The van der Waals surface area contributed by atoms with Gasteiger partial charge < -0.3 is 20.7 Å². The van der Waals surface area contributed by atoms with Crippen molar-refractivity contribution in [3.63, 3.8) is 0 Å². The smallest absolute Gasteiger partial charge is 0.254 e. The standard InChI is InChI=1S/C24H24N8O2/c1-14-17(23-27-13-32(3)31-23)7-15-8-19(14)29-20-9-22(26-10-18(20)24(33)25-2)30-21-6-4-5-16(28-21)12-34-11-15/h4-10,13,29H,11-12H2,1-3H3,(H,25,33)(H,26,28,30). The fourth-order valence-electron chi connectivity index (χ4n) is 3.80. The number of ether oxygens (including phenoxy) is 1. The molecule has 10 heteroatoms. The van der Waals surface area contributed by atoms with Crippen LogP contribution in [0.5, 0.6) is 0 Å². The molecule has 0 radical (unpaired) electrons. The van der Waals surface area contributed by atoms with Crippen LogP contribution in [0, 0.1) is 6.92 Å². The molecule has 3 N–H and O–H groups in total. The fraction of sp³-hybridized carbons (Fsp3) is 0.208. The number of nitrogens with one attached hydrogen (secondary N) is 3. The molecule has 10 nitrogen and oxygen atoms in total. The molecule has 172 valence electrons. The van der Waals surface area contributed by atoms with Crippen molar-refractivity contribution >= 4 is 28.9 Å². The largest absolute Gasteiger partial charge is 0.370 e. The van der Waals surface area contributed by atoms with Crippen molar-refractivity contribution in [3.8, 4) is 11.4 Å². The topological polar surface area (TPSA) is 119 Å². The van der Waals surface area contributed by atoms with Crippen LogP contribution < -0.4 is 16.0 Å². The van der Waals surface area contributed by atoms with E-state index < -0.39 is 0 Å². The summed E-state index contributed by atoms with van der Waals surface area (Å²) in [5, 5.41) is 13.8. The molecule has 4 aromatic rings. The van der Waals surface area contributed by atoms with Gasteiger partial charge in [-0.2, -0.15) is 5.10 Å². The number of hydrogen-bond donors (Lipinski definition) is 3. The number of fused-ring (bicyclic) bond motifs is 6. The van der Waals surface area contributed by atoms with Gasteiger partial charge in [-0.1, -0.05) is 6.07 Å². The third-order valence-electron chi connectivity index (χ3n) is 5.53. The summed E-state index contributed by atoms with van der Waals surface area (Å²) in [6.45, 7) is 2.73. The number of nitrogens with zero attached hydrogens (tertiary/aromatic N) is 5. The Hall–Kier alpha value is -4.31. The van der Waals surface area contributed by atoms with Gasteiger partial charge in [0.05, 0.1) is 30.2 Å². The highest BCUT2D eigenvalue weighted by Crippen LogP contribution is 2.33. The summed E-state index contributed by atoms with van der Waals surface area (Å²) < 4.78 is 7.65. The van der Waals surface area contributed by atoms with Crippen molar-refractivity contribution in [1.29, 1.82) is 0 Å². The molecular weight excluding hydrogens is 432 g/mol. The fourth-order valence-corrected chi connectivity index (χ4v) is 3.80. The molecule has 1 aliphatic rings. The van der Waals surface area contributed by atoms with Crippen LogP contribution in [0.1, 0.15) is 27.2 Å². The Morgan fingerprint density at radius 1 is 1.09 bits per heavy atom. The van der Waals surface area contributed by atoms with Crippen LogP contribution in [0.4, 0.5) is 23.0 Å². The first-order chi connectivity index (χ1) is 16.5. The van der Waals surface area contributed by atoms with E-state index in [1.165, 1.54) is 0 Å². The molecule has 0 spiro atoms. The van der Waals surface area contributed by atoms with E-state index in [1.807, 2.05) is 44.3 Å². The maximum Gasteiger partial charge on any atom is 0.254 e. The number of carbonyl (C=O) groups excluding carboxylic acids is 1. The van der Waals surface area contributed by atoms with Gasteiger partial charge >= 0.3 is 0 Å². The van der Waals surface area contributed by atoms with E-state index in [9.17, 15) is 4.79 Å². The van der Waals surface area contributed by atoms with Crippen LogP contribution in [0.25, 0.3) is 11.4 Å². The lowest BCUT2D eigenvalue weighted by atomic mass is 10.0. The van der Waals surface area contributed by atoms with Gasteiger partial charge in [0, 0.05) is 37.6 Å². The number of anilines is 4. The zero-order valence-electron chi connectivity index (χ0n) is 19.1. The summed E-state index contributed by atoms with van der Waals surface area (Å²) in [6, 6.07) is 11.5. The lowest BCUT2D eigenvalue weighted by molar-refractivity contribution is 0.0963. The van der Waals surface area contributed by atoms with E-state index in [2.05, 4.69) is 36.0 Å². The van der Waals surface area contributed by atoms with Crippen LogP contribution in [-0.2, 0) is 25.0 Å². The molecular formula is C24H24N8O2. The molecule has 4 heterocycles. The van der Waals surface area contributed by atoms with Gasteiger partial charge in [-0.15, -0.1) is 0 Å². The SMILES string of the molecule is CNC(=O)c1cnc2cc1Nc1cc(cc(-c3ncn(C)n3)c1C)COCc1cccc(n1)N2. The van der Waals surface area contributed by atoms with Crippen molar-refractivity contribution in [2.24, 2.45) is 7.05 Å². The highest BCUT2D eigenvalue weighted by molar-refractivity contribution is 6.00. The van der Waals surface area contributed by atoms with Gasteiger partial charge in [-0.3, -0.25) is 9.48 Å². The molecule has 1 aromatic carbocycles. The molecule has 5 rings (SSSR count). The van der Waals surface area contributed by atoms with Crippen LogP contribution in [0.2, 0.25) is 0 Å². The summed E-state index contributed by atoms with van der Waals surface area (Å²) in [6.07, 6.45) is 3.21. The minimum Gasteiger partial charge on any atom is -0.370 e. The molecule has 1 aliphatic heterocycles. The monoisotopic (exact) mass is 456 g/mol. The molecule has 0 saturated carbocycles. The number of hydrogen-bond acceptors (Lipinski definition) is 8. The second-order valence-electron chi connectivity index (χ2n) is 8.01. The Bertz CT molecular complexity index is 1380. The Kier molecular flexibility index (Phi) is 5.64. The predicted octanol–water partition coefficient (Wildman–Crippen LogP) is 3.46. The first-order valence-corrected chi connectivity index (χ1v) is 10.8. The van der Waals surface area contributed by atoms with Crippen LogP contribution >= 0.6 is 0 Å². The number of pyridine rings is 2. The summed E-state index contributed by atoms with van der Waals surface area (Å²) >= 11 is 0. The van der Waals surface area contributed by atoms with Crippen molar-refractivity contribution in [2.75, 3.05) is 17.7 Å². The number of carbonyl (C=O) groups is 1. The number of rotatable bonds is 2. The van der Waals surface area contributed by atoms with Gasteiger partial charge in [0.2, 0.25) is 0 Å². The molecule has 0 fully saturated rings. The van der Waals surface area contributed by atoms with E-state index in [4.69, 9.17) is 4.74 Å². The number of aromatic nitrogens is 5.